The number of pyridine rings is 2. The number of aromatic nitrogens is 2. The van der Waals surface area contributed by atoms with E-state index in [9.17, 15) is 9.59 Å². The number of fused-ring (bicyclic) bond motifs is 1. The number of benzene rings is 2. The minimum atomic E-state index is -0.294. The fraction of sp³-hybridized carbons (Fsp3) is 0.125. The molecule has 0 bridgehead atoms. The van der Waals surface area contributed by atoms with Crippen molar-refractivity contribution in [3.05, 3.63) is 112 Å². The molecule has 4 aromatic rings. The molecule has 2 heterocycles. The van der Waals surface area contributed by atoms with E-state index in [1.807, 2.05) is 73.7 Å². The van der Waals surface area contributed by atoms with Crippen molar-refractivity contribution in [2.24, 2.45) is 0 Å². The summed E-state index contributed by atoms with van der Waals surface area (Å²) < 4.78 is 0. The van der Waals surface area contributed by atoms with Gasteiger partial charge in [-0.25, -0.2) is 0 Å². The number of nitrogens with zero attached hydrogens (tertiary/aromatic N) is 2. The Morgan fingerprint density at radius 2 is 1.72 bits per heavy atom. The Labute approximate surface area is 168 Å². The van der Waals surface area contributed by atoms with Crippen LogP contribution >= 0.6 is 0 Å². The Hall–Kier alpha value is -3.73. The summed E-state index contributed by atoms with van der Waals surface area (Å²) in [6.45, 7) is 2.37. The highest BCUT2D eigenvalue weighted by atomic mass is 16.2. The molecule has 0 aliphatic heterocycles. The van der Waals surface area contributed by atoms with E-state index in [0.717, 1.165) is 16.6 Å². The third-order valence-electron chi connectivity index (χ3n) is 5.02. The van der Waals surface area contributed by atoms with Gasteiger partial charge in [0.25, 0.3) is 5.91 Å². The average molecular weight is 383 g/mol. The van der Waals surface area contributed by atoms with Crippen molar-refractivity contribution in [3.63, 3.8) is 0 Å². The van der Waals surface area contributed by atoms with Crippen molar-refractivity contribution in [1.29, 1.82) is 0 Å². The first-order valence-electron chi connectivity index (χ1n) is 9.51. The Morgan fingerprint density at radius 1 is 1.00 bits per heavy atom. The van der Waals surface area contributed by atoms with Crippen molar-refractivity contribution >= 4 is 16.8 Å². The van der Waals surface area contributed by atoms with Crippen LogP contribution in [0.2, 0.25) is 0 Å². The van der Waals surface area contributed by atoms with Crippen LogP contribution in [0.5, 0.6) is 0 Å². The lowest BCUT2D eigenvalue weighted by molar-refractivity contribution is 0.0672. The van der Waals surface area contributed by atoms with Crippen molar-refractivity contribution < 1.29 is 4.79 Å². The molecule has 1 unspecified atom stereocenters. The number of carbonyl (C=O) groups excluding carboxylic acids is 1. The SMILES string of the molecule is CC(c1ccccn1)N(Cc1ccccc1)C(=O)c1cc(=O)[nH]c2ccccc12. The van der Waals surface area contributed by atoms with Gasteiger partial charge in [0.05, 0.1) is 17.3 Å². The standard InChI is InChI=1S/C24H21N3O2/c1-17(21-12-7-8-14-25-21)27(16-18-9-3-2-4-10-18)24(29)20-15-23(28)26-22-13-6-5-11-19(20)22/h2-15,17H,16H2,1H3,(H,26,28). The summed E-state index contributed by atoms with van der Waals surface area (Å²) in [5, 5.41) is 0.725. The van der Waals surface area contributed by atoms with E-state index < -0.39 is 0 Å². The average Bonchev–Trinajstić information content (AvgIpc) is 2.77. The highest BCUT2D eigenvalue weighted by Gasteiger charge is 2.25. The molecule has 0 aliphatic rings. The summed E-state index contributed by atoms with van der Waals surface area (Å²) in [4.78, 5) is 34.9. The van der Waals surface area contributed by atoms with Crippen LogP contribution in [0.1, 0.15) is 34.6 Å². The van der Waals surface area contributed by atoms with Crippen LogP contribution in [0.3, 0.4) is 0 Å². The number of aromatic amines is 1. The number of amides is 1. The van der Waals surface area contributed by atoms with E-state index in [-0.39, 0.29) is 17.5 Å². The predicted molar refractivity (Wildman–Crippen MR) is 114 cm³/mol. The number of hydrogen-bond donors (Lipinski definition) is 1. The third-order valence-corrected chi connectivity index (χ3v) is 5.02. The Morgan fingerprint density at radius 3 is 2.48 bits per heavy atom. The van der Waals surface area contributed by atoms with Gasteiger partial charge in [-0.1, -0.05) is 54.6 Å². The summed E-state index contributed by atoms with van der Waals surface area (Å²) in [5.74, 6) is -0.200. The molecule has 144 valence electrons. The highest BCUT2D eigenvalue weighted by Crippen LogP contribution is 2.25. The van der Waals surface area contributed by atoms with Gasteiger partial charge in [0.15, 0.2) is 0 Å². The Kier molecular flexibility index (Phi) is 5.20. The van der Waals surface area contributed by atoms with E-state index in [0.29, 0.717) is 17.6 Å². The molecule has 2 aromatic carbocycles. The van der Waals surface area contributed by atoms with Crippen LogP contribution in [0.25, 0.3) is 10.9 Å². The zero-order chi connectivity index (χ0) is 20.2. The molecule has 29 heavy (non-hydrogen) atoms. The molecular formula is C24H21N3O2. The van der Waals surface area contributed by atoms with Crippen molar-refractivity contribution in [2.75, 3.05) is 0 Å². The quantitative estimate of drug-likeness (QED) is 0.558. The van der Waals surface area contributed by atoms with Crippen molar-refractivity contribution in [1.82, 2.24) is 14.9 Å². The molecule has 1 atom stereocenters. The first kappa shape index (κ1) is 18.6. The molecule has 1 N–H and O–H groups in total. The maximum atomic E-state index is 13.7. The van der Waals surface area contributed by atoms with Gasteiger partial charge in [-0.15, -0.1) is 0 Å². The number of hydrogen-bond acceptors (Lipinski definition) is 3. The Bertz CT molecular complexity index is 1190. The second-order valence-corrected chi connectivity index (χ2v) is 6.94. The smallest absolute Gasteiger partial charge is 0.255 e. The van der Waals surface area contributed by atoms with Gasteiger partial charge in [0, 0.05) is 29.7 Å². The van der Waals surface area contributed by atoms with Crippen LogP contribution < -0.4 is 5.56 Å². The van der Waals surface area contributed by atoms with Crippen LogP contribution in [0, 0.1) is 0 Å². The monoisotopic (exact) mass is 383 g/mol. The summed E-state index contributed by atoms with van der Waals surface area (Å²) >= 11 is 0. The molecule has 0 spiro atoms. The fourth-order valence-electron chi connectivity index (χ4n) is 3.48. The molecule has 4 rings (SSSR count). The Balaban J connectivity index is 1.80. The number of rotatable bonds is 5. The molecule has 1 amide bonds. The molecule has 0 aliphatic carbocycles. The minimum absolute atomic E-state index is 0.200. The number of para-hydroxylation sites is 1. The molecule has 0 fully saturated rings. The molecule has 0 saturated heterocycles. The van der Waals surface area contributed by atoms with Gasteiger partial charge in [-0.2, -0.15) is 0 Å². The molecule has 5 heteroatoms. The number of H-pyrrole nitrogens is 1. The number of carbonyl (C=O) groups is 1. The van der Waals surface area contributed by atoms with Gasteiger partial charge in [0.2, 0.25) is 5.56 Å². The maximum Gasteiger partial charge on any atom is 0.255 e. The van der Waals surface area contributed by atoms with Crippen molar-refractivity contribution in [2.45, 2.75) is 19.5 Å². The zero-order valence-electron chi connectivity index (χ0n) is 16.1. The summed E-state index contributed by atoms with van der Waals surface area (Å²) in [6, 6.07) is 24.0. The van der Waals surface area contributed by atoms with E-state index >= 15 is 0 Å². The van der Waals surface area contributed by atoms with Crippen LogP contribution in [0.15, 0.2) is 89.9 Å². The topological polar surface area (TPSA) is 66.1 Å². The van der Waals surface area contributed by atoms with Crippen LogP contribution in [-0.2, 0) is 6.54 Å². The van der Waals surface area contributed by atoms with Gasteiger partial charge in [0.1, 0.15) is 0 Å². The largest absolute Gasteiger partial charge is 0.326 e. The second-order valence-electron chi connectivity index (χ2n) is 6.94. The summed E-state index contributed by atoms with van der Waals surface area (Å²) in [6.07, 6.45) is 1.72. The molecule has 2 aromatic heterocycles. The maximum absolute atomic E-state index is 13.7. The van der Waals surface area contributed by atoms with E-state index in [1.165, 1.54) is 6.07 Å². The molecule has 0 radical (unpaired) electrons. The van der Waals surface area contributed by atoms with Gasteiger partial charge in [-0.05, 0) is 30.7 Å². The number of nitrogens with one attached hydrogen (secondary N) is 1. The lowest BCUT2D eigenvalue weighted by atomic mass is 10.0. The minimum Gasteiger partial charge on any atom is -0.326 e. The molecule has 5 nitrogen and oxygen atoms in total. The van der Waals surface area contributed by atoms with E-state index in [1.54, 1.807) is 17.2 Å². The second kappa shape index (κ2) is 8.10. The van der Waals surface area contributed by atoms with Crippen LogP contribution in [-0.4, -0.2) is 20.8 Å². The van der Waals surface area contributed by atoms with Gasteiger partial charge >= 0.3 is 0 Å². The zero-order valence-corrected chi connectivity index (χ0v) is 16.1. The first-order valence-corrected chi connectivity index (χ1v) is 9.51. The predicted octanol–water partition coefficient (Wildman–Crippen LogP) is 4.33. The molecule has 0 saturated carbocycles. The van der Waals surface area contributed by atoms with Gasteiger partial charge < -0.3 is 9.88 Å². The third kappa shape index (κ3) is 3.94. The van der Waals surface area contributed by atoms with E-state index in [4.69, 9.17) is 0 Å². The lowest BCUT2D eigenvalue weighted by Gasteiger charge is -2.29. The fourth-order valence-corrected chi connectivity index (χ4v) is 3.48. The van der Waals surface area contributed by atoms with Crippen molar-refractivity contribution in [3.8, 4) is 0 Å². The van der Waals surface area contributed by atoms with Crippen LogP contribution in [0.4, 0.5) is 0 Å². The molecular weight excluding hydrogens is 362 g/mol. The first-order chi connectivity index (χ1) is 14.1. The summed E-state index contributed by atoms with van der Waals surface area (Å²) in [5.41, 5.74) is 2.55. The van der Waals surface area contributed by atoms with Gasteiger partial charge in [-0.3, -0.25) is 14.6 Å². The van der Waals surface area contributed by atoms with E-state index in [2.05, 4.69) is 9.97 Å². The normalized spacial score (nSPS) is 11.9. The highest BCUT2D eigenvalue weighted by molar-refractivity contribution is 6.06. The lowest BCUT2D eigenvalue weighted by Crippen LogP contribution is -2.34. The summed E-state index contributed by atoms with van der Waals surface area (Å²) in [7, 11) is 0.